The maximum atomic E-state index is 13.2. The summed E-state index contributed by atoms with van der Waals surface area (Å²) in [6.45, 7) is 2.43. The summed E-state index contributed by atoms with van der Waals surface area (Å²) in [5.74, 6) is -0.315. The highest BCUT2D eigenvalue weighted by molar-refractivity contribution is 7.80. The number of benzene rings is 1. The van der Waals surface area contributed by atoms with Crippen molar-refractivity contribution in [2.24, 2.45) is 5.73 Å². The summed E-state index contributed by atoms with van der Waals surface area (Å²) in [6, 6.07) is 4.35. The molecule has 0 saturated carbocycles. The summed E-state index contributed by atoms with van der Waals surface area (Å²) in [4.78, 5) is 2.17. The van der Waals surface area contributed by atoms with E-state index in [4.69, 9.17) is 23.1 Å². The van der Waals surface area contributed by atoms with Crippen LogP contribution in [0.3, 0.4) is 0 Å². The van der Waals surface area contributed by atoms with Crippen molar-refractivity contribution in [3.8, 4) is 0 Å². The second-order valence-corrected chi connectivity index (χ2v) is 4.55. The molecule has 0 saturated heterocycles. The average Bonchev–Trinajstić information content (AvgIpc) is 2.27. The molecule has 0 aromatic heterocycles. The van der Waals surface area contributed by atoms with Crippen LogP contribution in [0.5, 0.6) is 0 Å². The zero-order chi connectivity index (χ0) is 13.0. The fraction of sp³-hybridized carbons (Fsp3) is 0.417. The number of aliphatic hydroxyl groups excluding tert-OH is 1. The molecule has 0 spiro atoms. The summed E-state index contributed by atoms with van der Waals surface area (Å²) in [5, 5.41) is 9.05. The lowest BCUT2D eigenvalue weighted by Crippen LogP contribution is -2.32. The fourth-order valence-electron chi connectivity index (χ4n) is 1.50. The number of likely N-dealkylation sites (N-methyl/N-ethyl adjacent to an activating group) is 1. The Morgan fingerprint density at radius 3 is 2.76 bits per heavy atom. The van der Waals surface area contributed by atoms with Crippen LogP contribution in [0, 0.1) is 5.82 Å². The third-order valence-corrected chi connectivity index (χ3v) is 2.99. The Morgan fingerprint density at radius 1 is 1.59 bits per heavy atom. The summed E-state index contributed by atoms with van der Waals surface area (Å²) in [6.07, 6.45) is 0. The van der Waals surface area contributed by atoms with Gasteiger partial charge in [0.15, 0.2) is 0 Å². The lowest BCUT2D eigenvalue weighted by atomic mass is 10.1. The zero-order valence-corrected chi connectivity index (χ0v) is 10.8. The molecular formula is C12H17FN2OS. The van der Waals surface area contributed by atoms with Crippen LogP contribution in [0.4, 0.5) is 4.39 Å². The molecule has 0 amide bonds. The molecule has 1 atom stereocenters. The second-order valence-electron chi connectivity index (χ2n) is 4.11. The van der Waals surface area contributed by atoms with Crippen molar-refractivity contribution in [2.75, 3.05) is 13.7 Å². The van der Waals surface area contributed by atoms with Gasteiger partial charge in [0.1, 0.15) is 10.8 Å². The molecule has 0 fully saturated rings. The van der Waals surface area contributed by atoms with Crippen LogP contribution in [-0.2, 0) is 6.54 Å². The summed E-state index contributed by atoms with van der Waals surface area (Å²) < 4.78 is 13.2. The standard InChI is InChI=1S/C12H17FN2OS/c1-8(7-16)15(2)6-9-5-10(13)3-4-11(9)12(14)17/h3-5,8,16H,6-7H2,1-2H3,(H2,14,17). The van der Waals surface area contributed by atoms with Gasteiger partial charge < -0.3 is 10.8 Å². The number of nitrogens with two attached hydrogens (primary N) is 1. The van der Waals surface area contributed by atoms with Gasteiger partial charge in [-0.1, -0.05) is 12.2 Å². The fourth-order valence-corrected chi connectivity index (χ4v) is 1.70. The van der Waals surface area contributed by atoms with E-state index in [1.807, 2.05) is 18.9 Å². The Kier molecular flexibility index (Phi) is 4.99. The molecule has 0 aliphatic heterocycles. The summed E-state index contributed by atoms with van der Waals surface area (Å²) >= 11 is 4.93. The smallest absolute Gasteiger partial charge is 0.123 e. The third kappa shape index (κ3) is 3.73. The Bertz CT molecular complexity index is 411. The molecule has 17 heavy (non-hydrogen) atoms. The van der Waals surface area contributed by atoms with Crippen LogP contribution < -0.4 is 5.73 Å². The summed E-state index contributed by atoms with van der Waals surface area (Å²) in [5.41, 5.74) is 7.01. The van der Waals surface area contributed by atoms with Gasteiger partial charge in [-0.3, -0.25) is 4.90 Å². The maximum absolute atomic E-state index is 13.2. The molecule has 0 heterocycles. The Hall–Kier alpha value is -1.04. The quantitative estimate of drug-likeness (QED) is 0.779. The monoisotopic (exact) mass is 256 g/mol. The predicted octanol–water partition coefficient (Wildman–Crippen LogP) is 1.27. The van der Waals surface area contributed by atoms with E-state index in [0.717, 1.165) is 5.56 Å². The molecule has 1 unspecified atom stereocenters. The van der Waals surface area contributed by atoms with Crippen LogP contribution in [0.1, 0.15) is 18.1 Å². The van der Waals surface area contributed by atoms with Crippen molar-refractivity contribution >= 4 is 17.2 Å². The maximum Gasteiger partial charge on any atom is 0.123 e. The van der Waals surface area contributed by atoms with E-state index >= 15 is 0 Å². The number of halogens is 1. The van der Waals surface area contributed by atoms with Crippen molar-refractivity contribution in [1.29, 1.82) is 0 Å². The van der Waals surface area contributed by atoms with Gasteiger partial charge in [-0.2, -0.15) is 0 Å². The first kappa shape index (κ1) is 14.0. The molecule has 1 rings (SSSR count). The van der Waals surface area contributed by atoms with Crippen LogP contribution in [0.2, 0.25) is 0 Å². The molecule has 0 aliphatic rings. The lowest BCUT2D eigenvalue weighted by Gasteiger charge is -2.23. The highest BCUT2D eigenvalue weighted by Gasteiger charge is 2.12. The lowest BCUT2D eigenvalue weighted by molar-refractivity contribution is 0.154. The third-order valence-electron chi connectivity index (χ3n) is 2.77. The molecule has 5 heteroatoms. The van der Waals surface area contributed by atoms with Gasteiger partial charge in [-0.05, 0) is 37.7 Å². The molecule has 0 radical (unpaired) electrons. The van der Waals surface area contributed by atoms with Crippen molar-refractivity contribution in [3.05, 3.63) is 35.1 Å². The second kappa shape index (κ2) is 6.05. The van der Waals surface area contributed by atoms with Crippen molar-refractivity contribution in [2.45, 2.75) is 19.5 Å². The average molecular weight is 256 g/mol. The number of rotatable bonds is 5. The van der Waals surface area contributed by atoms with Crippen LogP contribution in [0.15, 0.2) is 18.2 Å². The largest absolute Gasteiger partial charge is 0.395 e. The highest BCUT2D eigenvalue weighted by Crippen LogP contribution is 2.14. The molecule has 3 N–H and O–H groups in total. The van der Waals surface area contributed by atoms with Crippen LogP contribution >= 0.6 is 12.2 Å². The Morgan fingerprint density at radius 2 is 2.24 bits per heavy atom. The Balaban J connectivity index is 2.96. The first-order valence-corrected chi connectivity index (χ1v) is 5.76. The number of nitrogens with zero attached hydrogens (tertiary/aromatic N) is 1. The molecule has 94 valence electrons. The molecule has 1 aromatic rings. The van der Waals surface area contributed by atoms with Gasteiger partial charge >= 0.3 is 0 Å². The van der Waals surface area contributed by atoms with Crippen molar-refractivity contribution in [1.82, 2.24) is 4.90 Å². The first-order valence-electron chi connectivity index (χ1n) is 5.35. The van der Waals surface area contributed by atoms with E-state index in [1.165, 1.54) is 12.1 Å². The Labute approximate surface area is 106 Å². The van der Waals surface area contributed by atoms with E-state index in [2.05, 4.69) is 0 Å². The number of hydrogen-bond acceptors (Lipinski definition) is 3. The molecule has 3 nitrogen and oxygen atoms in total. The van der Waals surface area contributed by atoms with E-state index in [9.17, 15) is 4.39 Å². The SMILES string of the molecule is CC(CO)N(C)Cc1cc(F)ccc1C(N)=S. The zero-order valence-electron chi connectivity index (χ0n) is 9.98. The number of thiocarbonyl (C=S) groups is 1. The topological polar surface area (TPSA) is 49.5 Å². The van der Waals surface area contributed by atoms with Crippen LogP contribution in [-0.4, -0.2) is 34.7 Å². The molecule has 0 aliphatic carbocycles. The minimum absolute atomic E-state index is 0.00235. The minimum Gasteiger partial charge on any atom is -0.395 e. The van der Waals surface area contributed by atoms with E-state index in [-0.39, 0.29) is 23.5 Å². The van der Waals surface area contributed by atoms with Gasteiger partial charge in [-0.15, -0.1) is 0 Å². The van der Waals surface area contributed by atoms with E-state index in [0.29, 0.717) is 12.1 Å². The van der Waals surface area contributed by atoms with Gasteiger partial charge in [0.05, 0.1) is 6.61 Å². The van der Waals surface area contributed by atoms with Crippen molar-refractivity contribution < 1.29 is 9.50 Å². The molecule has 1 aromatic carbocycles. The molecular weight excluding hydrogens is 239 g/mol. The van der Waals surface area contributed by atoms with E-state index in [1.54, 1.807) is 6.07 Å². The summed E-state index contributed by atoms with van der Waals surface area (Å²) in [7, 11) is 1.86. The van der Waals surface area contributed by atoms with Gasteiger partial charge in [0, 0.05) is 18.2 Å². The van der Waals surface area contributed by atoms with Gasteiger partial charge in [0.2, 0.25) is 0 Å². The normalized spacial score (nSPS) is 12.8. The first-order chi connectivity index (χ1) is 7.95. The van der Waals surface area contributed by atoms with Gasteiger partial charge in [0.25, 0.3) is 0 Å². The van der Waals surface area contributed by atoms with Gasteiger partial charge in [-0.25, -0.2) is 4.39 Å². The van der Waals surface area contributed by atoms with Crippen LogP contribution in [0.25, 0.3) is 0 Å². The highest BCUT2D eigenvalue weighted by atomic mass is 32.1. The van der Waals surface area contributed by atoms with E-state index < -0.39 is 0 Å². The predicted molar refractivity (Wildman–Crippen MR) is 70.3 cm³/mol. The number of hydrogen-bond donors (Lipinski definition) is 2. The molecule has 0 bridgehead atoms. The van der Waals surface area contributed by atoms with Crippen molar-refractivity contribution in [3.63, 3.8) is 0 Å². The number of aliphatic hydroxyl groups is 1. The minimum atomic E-state index is -0.315.